The molecule has 124 valence electrons. The summed E-state index contributed by atoms with van der Waals surface area (Å²) in [5.74, 6) is -0.102. The van der Waals surface area contributed by atoms with Gasteiger partial charge < -0.3 is 9.80 Å². The van der Waals surface area contributed by atoms with Crippen LogP contribution in [-0.4, -0.2) is 47.8 Å². The Bertz CT molecular complexity index is 773. The van der Waals surface area contributed by atoms with Crippen LogP contribution >= 0.6 is 24.2 Å². The second-order valence-corrected chi connectivity index (χ2v) is 6.53. The number of rotatable bonds is 2. The zero-order chi connectivity index (χ0) is 17.1. The molecule has 1 heterocycles. The van der Waals surface area contributed by atoms with Crippen molar-refractivity contribution < 1.29 is 9.59 Å². The molecular formula is C18H17ClN2O2S. The van der Waals surface area contributed by atoms with E-state index in [1.807, 2.05) is 12.1 Å². The Morgan fingerprint density at radius 3 is 2.12 bits per heavy atom. The molecule has 0 aromatic heterocycles. The molecule has 3 rings (SSSR count). The van der Waals surface area contributed by atoms with E-state index in [1.54, 1.807) is 46.2 Å². The van der Waals surface area contributed by atoms with E-state index in [4.69, 9.17) is 11.6 Å². The molecule has 0 radical (unpaired) electrons. The van der Waals surface area contributed by atoms with E-state index in [1.165, 1.54) is 0 Å². The summed E-state index contributed by atoms with van der Waals surface area (Å²) in [5, 5.41) is 0.542. The highest BCUT2D eigenvalue weighted by Crippen LogP contribution is 2.18. The van der Waals surface area contributed by atoms with Gasteiger partial charge in [0, 0.05) is 41.7 Å². The summed E-state index contributed by atoms with van der Waals surface area (Å²) in [7, 11) is 0. The van der Waals surface area contributed by atoms with Gasteiger partial charge in [-0.3, -0.25) is 9.59 Å². The first-order chi connectivity index (χ1) is 11.6. The van der Waals surface area contributed by atoms with Gasteiger partial charge in [-0.05, 0) is 30.3 Å². The Hall–Kier alpha value is -1.98. The zero-order valence-electron chi connectivity index (χ0n) is 13.0. The number of thiol groups is 1. The first-order valence-electron chi connectivity index (χ1n) is 7.68. The van der Waals surface area contributed by atoms with E-state index in [-0.39, 0.29) is 11.8 Å². The SMILES string of the molecule is O=C(c1cccc(Cl)c1)N1CCN(C(=O)c2ccccc2S)CC1. The fourth-order valence-corrected chi connectivity index (χ4v) is 3.19. The van der Waals surface area contributed by atoms with Crippen LogP contribution in [0.3, 0.4) is 0 Å². The fraction of sp³-hybridized carbons (Fsp3) is 0.222. The molecule has 0 N–H and O–H groups in total. The maximum atomic E-state index is 12.6. The summed E-state index contributed by atoms with van der Waals surface area (Å²) in [6.45, 7) is 2.03. The molecule has 24 heavy (non-hydrogen) atoms. The van der Waals surface area contributed by atoms with Crippen molar-refractivity contribution >= 4 is 36.0 Å². The van der Waals surface area contributed by atoms with E-state index >= 15 is 0 Å². The lowest BCUT2D eigenvalue weighted by Gasteiger charge is -2.35. The minimum absolute atomic E-state index is 0.0459. The lowest BCUT2D eigenvalue weighted by molar-refractivity contribution is 0.0533. The van der Waals surface area contributed by atoms with Crippen molar-refractivity contribution in [2.45, 2.75) is 4.90 Å². The van der Waals surface area contributed by atoms with Gasteiger partial charge in [-0.15, -0.1) is 12.6 Å². The van der Waals surface area contributed by atoms with Crippen molar-refractivity contribution in [2.75, 3.05) is 26.2 Å². The molecule has 2 aromatic carbocycles. The monoisotopic (exact) mass is 360 g/mol. The molecule has 2 aromatic rings. The molecule has 1 aliphatic heterocycles. The Kier molecular flexibility index (Phi) is 5.11. The number of nitrogens with zero attached hydrogens (tertiary/aromatic N) is 2. The summed E-state index contributed by atoms with van der Waals surface area (Å²) in [4.78, 5) is 29.3. The van der Waals surface area contributed by atoms with Gasteiger partial charge in [-0.2, -0.15) is 0 Å². The molecule has 4 nitrogen and oxygen atoms in total. The number of hydrogen-bond acceptors (Lipinski definition) is 3. The van der Waals surface area contributed by atoms with Gasteiger partial charge in [0.15, 0.2) is 0 Å². The summed E-state index contributed by atoms with van der Waals surface area (Å²) < 4.78 is 0. The highest BCUT2D eigenvalue weighted by Gasteiger charge is 2.26. The van der Waals surface area contributed by atoms with Gasteiger partial charge in [0.25, 0.3) is 11.8 Å². The molecule has 0 aliphatic carbocycles. The second-order valence-electron chi connectivity index (χ2n) is 5.61. The van der Waals surface area contributed by atoms with Crippen LogP contribution in [0.25, 0.3) is 0 Å². The molecule has 6 heteroatoms. The van der Waals surface area contributed by atoms with Gasteiger partial charge in [-0.1, -0.05) is 29.8 Å². The van der Waals surface area contributed by atoms with E-state index in [9.17, 15) is 9.59 Å². The zero-order valence-corrected chi connectivity index (χ0v) is 14.6. The van der Waals surface area contributed by atoms with Crippen molar-refractivity contribution in [2.24, 2.45) is 0 Å². The first kappa shape index (κ1) is 16.9. The standard InChI is InChI=1S/C18H17ClN2O2S/c19-14-5-3-4-13(12-14)17(22)20-8-10-21(11-9-20)18(23)15-6-1-2-7-16(15)24/h1-7,12,24H,8-11H2. The van der Waals surface area contributed by atoms with Crippen molar-refractivity contribution in [3.8, 4) is 0 Å². The molecule has 0 bridgehead atoms. The second kappa shape index (κ2) is 7.28. The summed E-state index contributed by atoms with van der Waals surface area (Å²) >= 11 is 10.3. The Labute approximate surface area is 151 Å². The fourth-order valence-electron chi connectivity index (χ4n) is 2.74. The third-order valence-electron chi connectivity index (χ3n) is 4.06. The van der Waals surface area contributed by atoms with Crippen LogP contribution in [0.1, 0.15) is 20.7 Å². The van der Waals surface area contributed by atoms with Crippen molar-refractivity contribution in [1.82, 2.24) is 9.80 Å². The summed E-state index contributed by atoms with van der Waals surface area (Å²) in [6, 6.07) is 14.2. The number of hydrogen-bond donors (Lipinski definition) is 1. The van der Waals surface area contributed by atoms with Crippen molar-refractivity contribution in [1.29, 1.82) is 0 Å². The third-order valence-corrected chi connectivity index (χ3v) is 4.69. The lowest BCUT2D eigenvalue weighted by atomic mass is 10.1. The van der Waals surface area contributed by atoms with Gasteiger partial charge in [0.1, 0.15) is 0 Å². The molecule has 0 saturated carbocycles. The number of carbonyl (C=O) groups excluding carboxylic acids is 2. The van der Waals surface area contributed by atoms with Crippen LogP contribution in [0.2, 0.25) is 5.02 Å². The normalized spacial score (nSPS) is 14.6. The summed E-state index contributed by atoms with van der Waals surface area (Å²) in [6.07, 6.45) is 0. The average Bonchev–Trinajstić information content (AvgIpc) is 2.61. The molecule has 2 amide bonds. The van der Waals surface area contributed by atoms with Crippen LogP contribution in [0.4, 0.5) is 0 Å². The van der Waals surface area contributed by atoms with Crippen molar-refractivity contribution in [3.63, 3.8) is 0 Å². The van der Waals surface area contributed by atoms with Crippen LogP contribution < -0.4 is 0 Å². The highest BCUT2D eigenvalue weighted by molar-refractivity contribution is 7.80. The van der Waals surface area contributed by atoms with Gasteiger partial charge in [0.2, 0.25) is 0 Å². The van der Waals surface area contributed by atoms with Crippen LogP contribution in [0.5, 0.6) is 0 Å². The molecular weight excluding hydrogens is 344 g/mol. The van der Waals surface area contributed by atoms with Crippen LogP contribution in [0.15, 0.2) is 53.4 Å². The Morgan fingerprint density at radius 2 is 1.50 bits per heavy atom. The van der Waals surface area contributed by atoms with E-state index in [2.05, 4.69) is 12.6 Å². The molecule has 0 unspecified atom stereocenters. The topological polar surface area (TPSA) is 40.6 Å². The third kappa shape index (κ3) is 3.57. The van der Waals surface area contributed by atoms with E-state index in [0.29, 0.717) is 47.2 Å². The van der Waals surface area contributed by atoms with E-state index < -0.39 is 0 Å². The van der Waals surface area contributed by atoms with Gasteiger partial charge >= 0.3 is 0 Å². The van der Waals surface area contributed by atoms with Gasteiger partial charge in [0.05, 0.1) is 5.56 Å². The Balaban J connectivity index is 1.65. The summed E-state index contributed by atoms with van der Waals surface area (Å²) in [5.41, 5.74) is 1.17. The molecule has 0 spiro atoms. The van der Waals surface area contributed by atoms with Crippen LogP contribution in [0, 0.1) is 0 Å². The highest BCUT2D eigenvalue weighted by atomic mass is 35.5. The number of halogens is 1. The minimum Gasteiger partial charge on any atom is -0.335 e. The smallest absolute Gasteiger partial charge is 0.255 e. The predicted molar refractivity (Wildman–Crippen MR) is 97.0 cm³/mol. The number of amides is 2. The van der Waals surface area contributed by atoms with Crippen LogP contribution in [-0.2, 0) is 0 Å². The molecule has 1 saturated heterocycles. The predicted octanol–water partition coefficient (Wildman–Crippen LogP) is 3.23. The molecule has 0 atom stereocenters. The largest absolute Gasteiger partial charge is 0.335 e. The van der Waals surface area contributed by atoms with Gasteiger partial charge in [-0.25, -0.2) is 0 Å². The molecule has 1 aliphatic rings. The lowest BCUT2D eigenvalue weighted by Crippen LogP contribution is -2.50. The Morgan fingerprint density at radius 1 is 0.875 bits per heavy atom. The quantitative estimate of drug-likeness (QED) is 0.835. The van der Waals surface area contributed by atoms with Crippen molar-refractivity contribution in [3.05, 3.63) is 64.7 Å². The average molecular weight is 361 g/mol. The maximum Gasteiger partial charge on any atom is 0.255 e. The van der Waals surface area contributed by atoms with E-state index in [0.717, 1.165) is 0 Å². The number of benzene rings is 2. The maximum absolute atomic E-state index is 12.6. The molecule has 1 fully saturated rings. The minimum atomic E-state index is -0.0563. The first-order valence-corrected chi connectivity index (χ1v) is 8.51. The number of carbonyl (C=O) groups is 2. The number of piperazine rings is 1.